The maximum atomic E-state index is 13.2. The summed E-state index contributed by atoms with van der Waals surface area (Å²) in [6.07, 6.45) is 1.80. The van der Waals surface area contributed by atoms with E-state index in [4.69, 9.17) is 5.26 Å². The first-order valence-corrected chi connectivity index (χ1v) is 5.62. The fourth-order valence-electron chi connectivity index (χ4n) is 1.62. The summed E-state index contributed by atoms with van der Waals surface area (Å²) in [6.45, 7) is 3.41. The van der Waals surface area contributed by atoms with Crippen LogP contribution in [0.3, 0.4) is 0 Å². The molecule has 0 aliphatic heterocycles. The van der Waals surface area contributed by atoms with Crippen LogP contribution in [0, 0.1) is 31.1 Å². The molecule has 1 heterocycles. The molecule has 0 fully saturated rings. The summed E-state index contributed by atoms with van der Waals surface area (Å²) < 4.78 is 13.2. The highest BCUT2D eigenvalue weighted by molar-refractivity contribution is 5.60. The van der Waals surface area contributed by atoms with Gasteiger partial charge in [-0.2, -0.15) is 5.26 Å². The Kier molecular flexibility index (Phi) is 3.57. The standard InChI is InChI=1S/C13H12FN5/c1-8-5-10(3-4-11(8)14)19-13-6-12(16-7-15)17-9(2)18-13/h3-6H,1-2H3,(H2,16,17,18,19). The molecule has 0 saturated carbocycles. The number of nitrogens with zero attached hydrogens (tertiary/aromatic N) is 3. The van der Waals surface area contributed by atoms with Crippen molar-refractivity contribution < 1.29 is 4.39 Å². The zero-order valence-corrected chi connectivity index (χ0v) is 10.5. The number of aryl methyl sites for hydroxylation is 2. The Morgan fingerprint density at radius 1 is 1.16 bits per heavy atom. The number of hydrogen-bond donors (Lipinski definition) is 2. The SMILES string of the molecule is Cc1nc(NC#N)cc(Nc2ccc(F)c(C)c2)n1. The molecule has 0 radical (unpaired) electrons. The lowest BCUT2D eigenvalue weighted by Gasteiger charge is -2.08. The number of nitrogens with one attached hydrogen (secondary N) is 2. The smallest absolute Gasteiger partial charge is 0.182 e. The van der Waals surface area contributed by atoms with Gasteiger partial charge in [-0.05, 0) is 37.6 Å². The van der Waals surface area contributed by atoms with E-state index in [0.29, 0.717) is 23.0 Å². The Morgan fingerprint density at radius 3 is 2.58 bits per heavy atom. The first-order valence-electron chi connectivity index (χ1n) is 5.62. The molecule has 1 aromatic heterocycles. The van der Waals surface area contributed by atoms with Crippen molar-refractivity contribution in [3.63, 3.8) is 0 Å². The molecule has 0 saturated heterocycles. The van der Waals surface area contributed by atoms with Crippen molar-refractivity contribution in [3.8, 4) is 6.19 Å². The van der Waals surface area contributed by atoms with E-state index >= 15 is 0 Å². The van der Waals surface area contributed by atoms with E-state index in [-0.39, 0.29) is 5.82 Å². The first-order chi connectivity index (χ1) is 9.08. The van der Waals surface area contributed by atoms with Gasteiger partial charge in [0.25, 0.3) is 0 Å². The molecule has 19 heavy (non-hydrogen) atoms. The normalized spacial score (nSPS) is 9.79. The third-order valence-electron chi connectivity index (χ3n) is 2.45. The topological polar surface area (TPSA) is 73.6 Å². The number of hydrogen-bond acceptors (Lipinski definition) is 5. The predicted molar refractivity (Wildman–Crippen MR) is 70.4 cm³/mol. The van der Waals surface area contributed by atoms with Crippen molar-refractivity contribution in [1.82, 2.24) is 9.97 Å². The fraction of sp³-hybridized carbons (Fsp3) is 0.154. The van der Waals surface area contributed by atoms with Crippen molar-refractivity contribution >= 4 is 17.3 Å². The van der Waals surface area contributed by atoms with Crippen LogP contribution in [-0.4, -0.2) is 9.97 Å². The molecule has 0 amide bonds. The molecule has 0 bridgehead atoms. The molecule has 0 spiro atoms. The molecular weight excluding hydrogens is 245 g/mol. The first kappa shape index (κ1) is 12.8. The number of benzene rings is 1. The number of halogens is 1. The zero-order valence-electron chi connectivity index (χ0n) is 10.5. The highest BCUT2D eigenvalue weighted by Crippen LogP contribution is 2.19. The van der Waals surface area contributed by atoms with Gasteiger partial charge >= 0.3 is 0 Å². The van der Waals surface area contributed by atoms with Crippen molar-refractivity contribution in [2.75, 3.05) is 10.6 Å². The largest absolute Gasteiger partial charge is 0.340 e. The monoisotopic (exact) mass is 257 g/mol. The van der Waals surface area contributed by atoms with Crippen LogP contribution in [0.2, 0.25) is 0 Å². The minimum atomic E-state index is -0.253. The molecule has 1 aromatic carbocycles. The van der Waals surface area contributed by atoms with Gasteiger partial charge < -0.3 is 5.32 Å². The summed E-state index contributed by atoms with van der Waals surface area (Å²) in [6, 6.07) is 6.30. The molecular formula is C13H12FN5. The minimum absolute atomic E-state index is 0.253. The van der Waals surface area contributed by atoms with E-state index in [0.717, 1.165) is 5.69 Å². The van der Waals surface area contributed by atoms with Gasteiger partial charge in [0.2, 0.25) is 0 Å². The summed E-state index contributed by atoms with van der Waals surface area (Å²) in [4.78, 5) is 8.25. The van der Waals surface area contributed by atoms with Gasteiger partial charge in [0, 0.05) is 11.8 Å². The molecule has 96 valence electrons. The van der Waals surface area contributed by atoms with Crippen LogP contribution in [0.4, 0.5) is 21.7 Å². The van der Waals surface area contributed by atoms with E-state index in [9.17, 15) is 4.39 Å². The quantitative estimate of drug-likeness (QED) is 0.653. The number of aromatic nitrogens is 2. The summed E-state index contributed by atoms with van der Waals surface area (Å²) in [5.41, 5.74) is 1.27. The number of anilines is 3. The van der Waals surface area contributed by atoms with Crippen LogP contribution in [0.5, 0.6) is 0 Å². The Labute approximate surface area is 110 Å². The molecule has 0 aliphatic rings. The Morgan fingerprint density at radius 2 is 1.89 bits per heavy atom. The van der Waals surface area contributed by atoms with Gasteiger partial charge in [-0.3, -0.25) is 5.32 Å². The second kappa shape index (κ2) is 5.31. The van der Waals surface area contributed by atoms with E-state index in [1.165, 1.54) is 6.07 Å². The minimum Gasteiger partial charge on any atom is -0.340 e. The van der Waals surface area contributed by atoms with Crippen LogP contribution >= 0.6 is 0 Å². The lowest BCUT2D eigenvalue weighted by atomic mass is 10.2. The van der Waals surface area contributed by atoms with Gasteiger partial charge in [-0.25, -0.2) is 14.4 Å². The Balaban J connectivity index is 2.27. The molecule has 6 heteroatoms. The number of rotatable bonds is 3. The Hall–Kier alpha value is -2.68. The molecule has 2 rings (SSSR count). The fourth-order valence-corrected chi connectivity index (χ4v) is 1.62. The Bertz CT molecular complexity index is 648. The van der Waals surface area contributed by atoms with Crippen molar-refractivity contribution in [2.24, 2.45) is 0 Å². The van der Waals surface area contributed by atoms with Gasteiger partial charge in [-0.1, -0.05) is 0 Å². The molecule has 0 unspecified atom stereocenters. The molecule has 2 aromatic rings. The highest BCUT2D eigenvalue weighted by atomic mass is 19.1. The maximum absolute atomic E-state index is 13.2. The van der Waals surface area contributed by atoms with Crippen molar-refractivity contribution in [1.29, 1.82) is 5.26 Å². The molecule has 2 N–H and O–H groups in total. The van der Waals surface area contributed by atoms with Crippen molar-refractivity contribution in [3.05, 3.63) is 41.5 Å². The van der Waals surface area contributed by atoms with Gasteiger partial charge in [0.1, 0.15) is 23.3 Å². The van der Waals surface area contributed by atoms with Gasteiger partial charge in [0.15, 0.2) is 6.19 Å². The van der Waals surface area contributed by atoms with E-state index in [1.807, 2.05) is 0 Å². The van der Waals surface area contributed by atoms with Crippen LogP contribution in [0.15, 0.2) is 24.3 Å². The zero-order chi connectivity index (χ0) is 13.8. The van der Waals surface area contributed by atoms with E-state index in [1.54, 1.807) is 38.2 Å². The van der Waals surface area contributed by atoms with Crippen LogP contribution in [0.25, 0.3) is 0 Å². The second-order valence-corrected chi connectivity index (χ2v) is 4.01. The average Bonchev–Trinajstić information content (AvgIpc) is 2.33. The third-order valence-corrected chi connectivity index (χ3v) is 2.45. The molecule has 5 nitrogen and oxygen atoms in total. The van der Waals surface area contributed by atoms with Gasteiger partial charge in [-0.15, -0.1) is 0 Å². The van der Waals surface area contributed by atoms with Crippen molar-refractivity contribution in [2.45, 2.75) is 13.8 Å². The lowest BCUT2D eigenvalue weighted by molar-refractivity contribution is 0.619. The van der Waals surface area contributed by atoms with Gasteiger partial charge in [0.05, 0.1) is 0 Å². The van der Waals surface area contributed by atoms with E-state index < -0.39 is 0 Å². The molecule has 0 aliphatic carbocycles. The highest BCUT2D eigenvalue weighted by Gasteiger charge is 2.03. The summed E-state index contributed by atoms with van der Waals surface area (Å²) in [5.74, 6) is 1.23. The lowest BCUT2D eigenvalue weighted by Crippen LogP contribution is -2.01. The predicted octanol–water partition coefficient (Wildman–Crippen LogP) is 2.87. The summed E-state index contributed by atoms with van der Waals surface area (Å²) in [5, 5.41) is 14.1. The second-order valence-electron chi connectivity index (χ2n) is 4.01. The van der Waals surface area contributed by atoms with E-state index in [2.05, 4.69) is 20.6 Å². The number of nitriles is 1. The third kappa shape index (κ3) is 3.16. The summed E-state index contributed by atoms with van der Waals surface area (Å²) in [7, 11) is 0. The van der Waals surface area contributed by atoms with Crippen LogP contribution < -0.4 is 10.6 Å². The average molecular weight is 257 g/mol. The van der Waals surface area contributed by atoms with Crippen LogP contribution in [0.1, 0.15) is 11.4 Å². The summed E-state index contributed by atoms with van der Waals surface area (Å²) >= 11 is 0. The maximum Gasteiger partial charge on any atom is 0.182 e. The van der Waals surface area contributed by atoms with Crippen LogP contribution in [-0.2, 0) is 0 Å². The molecule has 0 atom stereocenters.